The highest BCUT2D eigenvalue weighted by Crippen LogP contribution is 2.24. The number of hydrogen-bond donors (Lipinski definition) is 0. The van der Waals surface area contributed by atoms with Gasteiger partial charge in [-0.3, -0.25) is 0 Å². The van der Waals surface area contributed by atoms with Crippen molar-refractivity contribution in [1.29, 1.82) is 0 Å². The van der Waals surface area contributed by atoms with Gasteiger partial charge in [0.1, 0.15) is 11.4 Å². The summed E-state index contributed by atoms with van der Waals surface area (Å²) in [5.74, 6) is -0.422. The van der Waals surface area contributed by atoms with Crippen LogP contribution in [0.5, 0.6) is 0 Å². The maximum absolute atomic E-state index is 14.4. The van der Waals surface area contributed by atoms with Gasteiger partial charge in [0.05, 0.1) is 17.0 Å². The van der Waals surface area contributed by atoms with Gasteiger partial charge in [-0.2, -0.15) is 4.39 Å². The fraction of sp³-hybridized carbons (Fsp3) is 0.211. The minimum absolute atomic E-state index is 0.208. The van der Waals surface area contributed by atoms with Crippen LogP contribution in [0, 0.1) is 5.82 Å². The first kappa shape index (κ1) is 16.9. The van der Waals surface area contributed by atoms with E-state index in [-0.39, 0.29) is 16.8 Å². The van der Waals surface area contributed by atoms with Gasteiger partial charge in [-0.1, -0.05) is 30.9 Å². The largest absolute Gasteiger partial charge is 0.465 e. The predicted octanol–water partition coefficient (Wildman–Crippen LogP) is 5.36. The third-order valence-electron chi connectivity index (χ3n) is 2.95. The quantitative estimate of drug-likeness (QED) is 0.688. The van der Waals surface area contributed by atoms with Crippen LogP contribution in [0.15, 0.2) is 71.7 Å². The second-order valence-electron chi connectivity index (χ2n) is 6.04. The van der Waals surface area contributed by atoms with Crippen LogP contribution in [-0.2, 0) is 4.74 Å². The zero-order chi connectivity index (χ0) is 17.0. The molecule has 0 bridgehead atoms. The van der Waals surface area contributed by atoms with Crippen LogP contribution >= 0.6 is 0 Å². The highest BCUT2D eigenvalue weighted by atomic mass is 19.1. The van der Waals surface area contributed by atoms with Gasteiger partial charge in [0.15, 0.2) is 0 Å². The van der Waals surface area contributed by atoms with Crippen molar-refractivity contribution in [1.82, 2.24) is 0 Å². The van der Waals surface area contributed by atoms with E-state index in [2.05, 4.69) is 11.6 Å². The molecule has 0 heterocycles. The normalized spacial score (nSPS) is 18.2. The Morgan fingerprint density at radius 1 is 1.13 bits per heavy atom. The molecular formula is C19H19F2NO. The average Bonchev–Trinajstić information content (AvgIpc) is 2.46. The number of halogens is 2. The molecule has 0 aromatic heterocycles. The van der Waals surface area contributed by atoms with Crippen molar-refractivity contribution in [3.8, 4) is 0 Å². The Morgan fingerprint density at radius 3 is 2.43 bits per heavy atom. The average molecular weight is 315 g/mol. The number of ether oxygens (including phenoxy) is 1. The maximum Gasteiger partial charge on any atom is 0.282 e. The first-order chi connectivity index (χ1) is 10.8. The van der Waals surface area contributed by atoms with E-state index in [1.807, 2.05) is 0 Å². The second kappa shape index (κ2) is 6.73. The molecule has 0 atom stereocenters. The van der Waals surface area contributed by atoms with Gasteiger partial charge in [0, 0.05) is 5.56 Å². The van der Waals surface area contributed by atoms with Crippen molar-refractivity contribution in [3.05, 3.63) is 78.1 Å². The smallest absolute Gasteiger partial charge is 0.282 e. The Hall–Kier alpha value is -2.49. The van der Waals surface area contributed by atoms with Crippen LogP contribution in [0.25, 0.3) is 5.70 Å². The molecule has 0 saturated carbocycles. The van der Waals surface area contributed by atoms with Gasteiger partial charge in [0.25, 0.3) is 6.01 Å². The predicted molar refractivity (Wildman–Crippen MR) is 90.1 cm³/mol. The van der Waals surface area contributed by atoms with E-state index in [0.717, 1.165) is 0 Å². The van der Waals surface area contributed by atoms with Crippen LogP contribution in [0.4, 0.5) is 8.78 Å². The first-order valence-corrected chi connectivity index (χ1v) is 7.24. The Bertz CT molecular complexity index is 734. The Labute approximate surface area is 135 Å². The van der Waals surface area contributed by atoms with E-state index in [0.29, 0.717) is 5.71 Å². The van der Waals surface area contributed by atoms with Crippen molar-refractivity contribution < 1.29 is 13.5 Å². The summed E-state index contributed by atoms with van der Waals surface area (Å²) in [6, 6.07) is 5.47. The van der Waals surface area contributed by atoms with Gasteiger partial charge in [0.2, 0.25) is 0 Å². The Morgan fingerprint density at radius 2 is 1.78 bits per heavy atom. The molecule has 1 aliphatic rings. The molecule has 2 rings (SSSR count). The SMILES string of the molecule is C=C(N=C1C=CC=C/C1=C(/F)OC(C)(C)C)c1ccccc1F. The molecule has 0 radical (unpaired) electrons. The van der Waals surface area contributed by atoms with Crippen LogP contribution in [0.3, 0.4) is 0 Å². The molecule has 23 heavy (non-hydrogen) atoms. The lowest BCUT2D eigenvalue weighted by Gasteiger charge is -2.21. The van der Waals surface area contributed by atoms with Crippen molar-refractivity contribution in [2.24, 2.45) is 4.99 Å². The lowest BCUT2D eigenvalue weighted by Crippen LogP contribution is -2.19. The van der Waals surface area contributed by atoms with Crippen molar-refractivity contribution in [3.63, 3.8) is 0 Å². The first-order valence-electron chi connectivity index (χ1n) is 7.24. The molecule has 2 nitrogen and oxygen atoms in total. The highest BCUT2D eigenvalue weighted by Gasteiger charge is 2.19. The van der Waals surface area contributed by atoms with E-state index in [9.17, 15) is 8.78 Å². The Balaban J connectivity index is 2.38. The minimum Gasteiger partial charge on any atom is -0.465 e. The molecule has 1 aromatic rings. The number of hydrogen-bond acceptors (Lipinski definition) is 2. The van der Waals surface area contributed by atoms with Crippen molar-refractivity contribution in [2.75, 3.05) is 0 Å². The fourth-order valence-corrected chi connectivity index (χ4v) is 1.96. The number of rotatable bonds is 3. The van der Waals surface area contributed by atoms with Crippen LogP contribution in [0.1, 0.15) is 26.3 Å². The summed E-state index contributed by atoms with van der Waals surface area (Å²) in [6.07, 6.45) is 6.61. The molecule has 0 unspecified atom stereocenters. The molecule has 0 amide bonds. The zero-order valence-corrected chi connectivity index (χ0v) is 13.4. The molecule has 1 aliphatic carbocycles. The molecule has 0 N–H and O–H groups in total. The molecule has 0 fully saturated rings. The zero-order valence-electron chi connectivity index (χ0n) is 13.4. The van der Waals surface area contributed by atoms with Gasteiger partial charge in [-0.05, 0) is 45.1 Å². The minimum atomic E-state index is -0.724. The monoisotopic (exact) mass is 315 g/mol. The summed E-state index contributed by atoms with van der Waals surface area (Å²) >= 11 is 0. The fourth-order valence-electron chi connectivity index (χ4n) is 1.96. The van der Waals surface area contributed by atoms with Crippen molar-refractivity contribution in [2.45, 2.75) is 26.4 Å². The molecule has 1 aromatic carbocycles. The molecule has 0 aliphatic heterocycles. The summed E-state index contributed by atoms with van der Waals surface area (Å²) in [4.78, 5) is 4.27. The molecule has 120 valence electrons. The molecule has 0 saturated heterocycles. The van der Waals surface area contributed by atoms with Gasteiger partial charge >= 0.3 is 0 Å². The number of aliphatic imine (C=N–C) groups is 1. The maximum atomic E-state index is 14.4. The molecule has 0 spiro atoms. The second-order valence-corrected chi connectivity index (χ2v) is 6.04. The summed E-state index contributed by atoms with van der Waals surface area (Å²) in [5, 5.41) is 0. The van der Waals surface area contributed by atoms with E-state index < -0.39 is 17.4 Å². The molecule has 4 heteroatoms. The number of allylic oxidation sites excluding steroid dienone is 5. The number of nitrogens with zero attached hydrogens (tertiary/aromatic N) is 1. The topological polar surface area (TPSA) is 21.6 Å². The lowest BCUT2D eigenvalue weighted by atomic mass is 10.1. The van der Waals surface area contributed by atoms with Crippen LogP contribution in [0.2, 0.25) is 0 Å². The standard InChI is InChI=1S/C19H19F2NO/c1-13(14-9-5-7-11-16(14)20)22-17-12-8-6-10-15(17)18(21)23-19(2,3)4/h5-12H,1H2,2-4H3/b18-15+,22-17?. The van der Waals surface area contributed by atoms with Crippen molar-refractivity contribution >= 4 is 11.4 Å². The lowest BCUT2D eigenvalue weighted by molar-refractivity contribution is 0.0133. The van der Waals surface area contributed by atoms with Gasteiger partial charge in [-0.25, -0.2) is 9.38 Å². The summed E-state index contributed by atoms with van der Waals surface area (Å²) in [6.45, 7) is 9.04. The number of benzene rings is 1. The summed E-state index contributed by atoms with van der Waals surface area (Å²) < 4.78 is 33.4. The summed E-state index contributed by atoms with van der Waals surface area (Å²) in [7, 11) is 0. The van der Waals surface area contributed by atoms with Gasteiger partial charge < -0.3 is 4.74 Å². The van der Waals surface area contributed by atoms with Gasteiger partial charge in [-0.15, -0.1) is 0 Å². The third kappa shape index (κ3) is 4.49. The highest BCUT2D eigenvalue weighted by molar-refractivity contribution is 6.13. The van der Waals surface area contributed by atoms with E-state index in [4.69, 9.17) is 4.74 Å². The van der Waals surface area contributed by atoms with E-state index >= 15 is 0 Å². The van der Waals surface area contributed by atoms with Crippen LogP contribution < -0.4 is 0 Å². The van der Waals surface area contributed by atoms with E-state index in [1.54, 1.807) is 63.3 Å². The van der Waals surface area contributed by atoms with E-state index in [1.165, 1.54) is 6.07 Å². The molecular weight excluding hydrogens is 296 g/mol. The summed E-state index contributed by atoms with van der Waals surface area (Å²) in [5.41, 5.74) is 0.376. The Kier molecular flexibility index (Phi) is 4.94. The third-order valence-corrected chi connectivity index (χ3v) is 2.95. The van der Waals surface area contributed by atoms with Crippen LogP contribution in [-0.4, -0.2) is 11.3 Å².